The van der Waals surface area contributed by atoms with Gasteiger partial charge >= 0.3 is 11.8 Å². The zero-order valence-corrected chi connectivity index (χ0v) is 14.3. The van der Waals surface area contributed by atoms with Crippen LogP contribution in [-0.2, 0) is 9.59 Å². The summed E-state index contributed by atoms with van der Waals surface area (Å²) >= 11 is 5.98. The molecule has 0 radical (unpaired) electrons. The van der Waals surface area contributed by atoms with E-state index in [2.05, 4.69) is 10.6 Å². The molecule has 0 aromatic heterocycles. The lowest BCUT2D eigenvalue weighted by Gasteiger charge is -2.09. The fourth-order valence-corrected chi connectivity index (χ4v) is 2.09. The SMILES string of the molecule is Cc1ccc(OCCNC(=O)C(=O)Nc2ccc(C)c(Cl)c2)cc1. The number of carbonyl (C=O) groups excluding carboxylic acids is 2. The zero-order chi connectivity index (χ0) is 17.5. The van der Waals surface area contributed by atoms with E-state index in [0.717, 1.165) is 11.1 Å². The molecule has 0 saturated carbocycles. The van der Waals surface area contributed by atoms with E-state index in [9.17, 15) is 9.59 Å². The predicted molar refractivity (Wildman–Crippen MR) is 94.5 cm³/mol. The third-order valence-electron chi connectivity index (χ3n) is 3.31. The number of ether oxygens (including phenoxy) is 1. The molecule has 6 heteroatoms. The van der Waals surface area contributed by atoms with Crippen LogP contribution in [0.3, 0.4) is 0 Å². The largest absolute Gasteiger partial charge is 0.492 e. The van der Waals surface area contributed by atoms with E-state index in [-0.39, 0.29) is 13.2 Å². The van der Waals surface area contributed by atoms with Gasteiger partial charge in [0, 0.05) is 10.7 Å². The van der Waals surface area contributed by atoms with E-state index in [1.165, 1.54) is 0 Å². The Morgan fingerprint density at radius 1 is 1.04 bits per heavy atom. The molecule has 0 bridgehead atoms. The van der Waals surface area contributed by atoms with Gasteiger partial charge in [-0.2, -0.15) is 0 Å². The summed E-state index contributed by atoms with van der Waals surface area (Å²) in [5.41, 5.74) is 2.51. The second-order valence-corrected chi connectivity index (χ2v) is 5.74. The van der Waals surface area contributed by atoms with Crippen molar-refractivity contribution in [1.82, 2.24) is 5.32 Å². The summed E-state index contributed by atoms with van der Waals surface area (Å²) in [4.78, 5) is 23.5. The summed E-state index contributed by atoms with van der Waals surface area (Å²) in [6.45, 7) is 4.35. The molecule has 24 heavy (non-hydrogen) atoms. The van der Waals surface area contributed by atoms with Crippen molar-refractivity contribution in [2.24, 2.45) is 0 Å². The molecule has 2 aromatic rings. The molecule has 5 nitrogen and oxygen atoms in total. The Labute approximate surface area is 146 Å². The van der Waals surface area contributed by atoms with E-state index >= 15 is 0 Å². The summed E-state index contributed by atoms with van der Waals surface area (Å²) in [5.74, 6) is -0.752. The first-order valence-electron chi connectivity index (χ1n) is 7.50. The molecule has 0 saturated heterocycles. The number of halogens is 1. The van der Waals surface area contributed by atoms with Gasteiger partial charge in [0.25, 0.3) is 0 Å². The van der Waals surface area contributed by atoms with Crippen LogP contribution < -0.4 is 15.4 Å². The number of aryl methyl sites for hydroxylation is 2. The highest BCUT2D eigenvalue weighted by molar-refractivity contribution is 6.39. The van der Waals surface area contributed by atoms with Crippen molar-refractivity contribution >= 4 is 29.1 Å². The van der Waals surface area contributed by atoms with Crippen LogP contribution in [0.1, 0.15) is 11.1 Å². The van der Waals surface area contributed by atoms with Crippen molar-refractivity contribution in [1.29, 1.82) is 0 Å². The number of hydrogen-bond acceptors (Lipinski definition) is 3. The number of benzene rings is 2. The lowest BCUT2D eigenvalue weighted by atomic mass is 10.2. The van der Waals surface area contributed by atoms with Gasteiger partial charge in [0.15, 0.2) is 0 Å². The van der Waals surface area contributed by atoms with Gasteiger partial charge in [-0.25, -0.2) is 0 Å². The van der Waals surface area contributed by atoms with Crippen molar-refractivity contribution in [3.8, 4) is 5.75 Å². The molecule has 0 fully saturated rings. The normalized spacial score (nSPS) is 10.1. The lowest BCUT2D eigenvalue weighted by molar-refractivity contribution is -0.136. The topological polar surface area (TPSA) is 67.4 Å². The van der Waals surface area contributed by atoms with Crippen LogP contribution in [0.5, 0.6) is 5.75 Å². The molecule has 0 atom stereocenters. The van der Waals surface area contributed by atoms with Crippen molar-refractivity contribution in [2.45, 2.75) is 13.8 Å². The molecule has 2 rings (SSSR count). The first-order valence-corrected chi connectivity index (χ1v) is 7.88. The van der Waals surface area contributed by atoms with Crippen LogP contribution in [0.15, 0.2) is 42.5 Å². The van der Waals surface area contributed by atoms with Crippen molar-refractivity contribution in [2.75, 3.05) is 18.5 Å². The van der Waals surface area contributed by atoms with Crippen LogP contribution in [-0.4, -0.2) is 25.0 Å². The minimum absolute atomic E-state index is 0.231. The fraction of sp³-hybridized carbons (Fsp3) is 0.222. The molecule has 0 heterocycles. The van der Waals surface area contributed by atoms with Gasteiger partial charge in [0.05, 0.1) is 6.54 Å². The summed E-state index contributed by atoms with van der Waals surface area (Å²) in [6, 6.07) is 12.6. The maximum absolute atomic E-state index is 11.8. The Morgan fingerprint density at radius 3 is 2.42 bits per heavy atom. The standard InChI is InChI=1S/C18H19ClN2O3/c1-12-3-7-15(8-4-12)24-10-9-20-17(22)18(23)21-14-6-5-13(2)16(19)11-14/h3-8,11H,9-10H2,1-2H3,(H,20,22)(H,21,23). The Hall–Kier alpha value is -2.53. The second kappa shape index (κ2) is 8.36. The number of amides is 2. The van der Waals surface area contributed by atoms with Gasteiger partial charge in [-0.05, 0) is 43.7 Å². The number of rotatable bonds is 5. The van der Waals surface area contributed by atoms with E-state index in [0.29, 0.717) is 16.5 Å². The van der Waals surface area contributed by atoms with Crippen LogP contribution in [0.4, 0.5) is 5.69 Å². The van der Waals surface area contributed by atoms with E-state index in [1.54, 1.807) is 18.2 Å². The average molecular weight is 347 g/mol. The zero-order valence-electron chi connectivity index (χ0n) is 13.6. The first kappa shape index (κ1) is 17.8. The second-order valence-electron chi connectivity index (χ2n) is 5.34. The molecule has 2 aromatic carbocycles. The van der Waals surface area contributed by atoms with Gasteiger partial charge in [-0.3, -0.25) is 9.59 Å². The minimum Gasteiger partial charge on any atom is -0.492 e. The van der Waals surface area contributed by atoms with E-state index < -0.39 is 11.8 Å². The smallest absolute Gasteiger partial charge is 0.313 e. The summed E-state index contributed by atoms with van der Waals surface area (Å²) in [6.07, 6.45) is 0. The van der Waals surface area contributed by atoms with E-state index in [4.69, 9.17) is 16.3 Å². The van der Waals surface area contributed by atoms with Crippen molar-refractivity contribution < 1.29 is 14.3 Å². The highest BCUT2D eigenvalue weighted by Gasteiger charge is 2.13. The Morgan fingerprint density at radius 2 is 1.75 bits per heavy atom. The molecule has 0 aliphatic carbocycles. The van der Waals surface area contributed by atoms with Crippen molar-refractivity contribution in [3.05, 3.63) is 58.6 Å². The number of carbonyl (C=O) groups is 2. The summed E-state index contributed by atoms with van der Waals surface area (Å²) in [5, 5.41) is 5.53. The van der Waals surface area contributed by atoms with Gasteiger partial charge in [-0.15, -0.1) is 0 Å². The monoisotopic (exact) mass is 346 g/mol. The Balaban J connectivity index is 1.74. The Bertz CT molecular complexity index is 730. The number of nitrogens with one attached hydrogen (secondary N) is 2. The lowest BCUT2D eigenvalue weighted by Crippen LogP contribution is -2.37. The molecule has 2 N–H and O–H groups in total. The summed E-state index contributed by atoms with van der Waals surface area (Å²) < 4.78 is 5.47. The molecule has 0 aliphatic rings. The highest BCUT2D eigenvalue weighted by atomic mass is 35.5. The minimum atomic E-state index is -0.745. The van der Waals surface area contributed by atoms with Crippen LogP contribution in [0, 0.1) is 13.8 Å². The third-order valence-corrected chi connectivity index (χ3v) is 3.72. The molecule has 126 valence electrons. The maximum atomic E-state index is 11.8. The van der Waals surface area contributed by atoms with Gasteiger partial charge < -0.3 is 15.4 Å². The molecule has 0 aliphatic heterocycles. The Kier molecular flexibility index (Phi) is 6.21. The number of anilines is 1. The van der Waals surface area contributed by atoms with Gasteiger partial charge in [0.2, 0.25) is 0 Å². The maximum Gasteiger partial charge on any atom is 0.313 e. The van der Waals surface area contributed by atoms with Gasteiger partial charge in [0.1, 0.15) is 12.4 Å². The van der Waals surface area contributed by atoms with Crippen molar-refractivity contribution in [3.63, 3.8) is 0 Å². The predicted octanol–water partition coefficient (Wildman–Crippen LogP) is 3.09. The average Bonchev–Trinajstić information content (AvgIpc) is 2.56. The molecular formula is C18H19ClN2O3. The van der Waals surface area contributed by atoms with E-state index in [1.807, 2.05) is 38.1 Å². The molecule has 0 unspecified atom stereocenters. The summed E-state index contributed by atoms with van der Waals surface area (Å²) in [7, 11) is 0. The third kappa shape index (κ3) is 5.28. The number of hydrogen-bond donors (Lipinski definition) is 2. The van der Waals surface area contributed by atoms with Crippen LogP contribution in [0.25, 0.3) is 0 Å². The van der Waals surface area contributed by atoms with Gasteiger partial charge in [-0.1, -0.05) is 35.4 Å². The molecule has 2 amide bonds. The fourth-order valence-electron chi connectivity index (χ4n) is 1.91. The van der Waals surface area contributed by atoms with Crippen LogP contribution >= 0.6 is 11.6 Å². The van der Waals surface area contributed by atoms with Crippen LogP contribution in [0.2, 0.25) is 5.02 Å². The quantitative estimate of drug-likeness (QED) is 0.645. The first-order chi connectivity index (χ1) is 11.5. The molecular weight excluding hydrogens is 328 g/mol. The molecule has 0 spiro atoms. The highest BCUT2D eigenvalue weighted by Crippen LogP contribution is 2.19.